The number of carbonyl (C=O) groups is 1. The van der Waals surface area contributed by atoms with E-state index in [-0.39, 0.29) is 15.6 Å². The first-order valence-corrected chi connectivity index (χ1v) is 4.56. The van der Waals surface area contributed by atoms with Crippen molar-refractivity contribution >= 4 is 29.0 Å². The first-order chi connectivity index (χ1) is 6.73. The number of Topliss-reactive ketones (excluding diaryl/α,β-unsaturated/α-hetero) is 1. The molecule has 15 heavy (non-hydrogen) atoms. The number of hydrogen-bond donors (Lipinski definition) is 0. The van der Waals surface area contributed by atoms with Crippen molar-refractivity contribution in [1.29, 1.82) is 0 Å². The van der Waals surface area contributed by atoms with Crippen LogP contribution in [0.3, 0.4) is 0 Å². The highest BCUT2D eigenvalue weighted by Gasteiger charge is 2.40. The van der Waals surface area contributed by atoms with Crippen molar-refractivity contribution < 1.29 is 18.0 Å². The number of rotatable bonds is 1. The molecule has 0 N–H and O–H groups in total. The minimum Gasteiger partial charge on any atom is -0.284 e. The predicted octanol–water partition coefficient (Wildman–Crippen LogP) is 4.05. The molecule has 0 fully saturated rings. The van der Waals surface area contributed by atoms with E-state index in [0.29, 0.717) is 0 Å². The Morgan fingerprint density at radius 3 is 2.27 bits per heavy atom. The van der Waals surface area contributed by atoms with Crippen LogP contribution in [-0.2, 0) is 0 Å². The molecule has 0 aliphatic carbocycles. The Morgan fingerprint density at radius 1 is 1.27 bits per heavy atom. The number of benzene rings is 1. The zero-order valence-corrected chi connectivity index (χ0v) is 8.96. The second-order valence-corrected chi connectivity index (χ2v) is 3.73. The highest BCUT2D eigenvalue weighted by molar-refractivity contribution is 6.35. The van der Waals surface area contributed by atoms with Crippen LogP contribution < -0.4 is 0 Å². The van der Waals surface area contributed by atoms with Gasteiger partial charge < -0.3 is 0 Å². The summed E-state index contributed by atoms with van der Waals surface area (Å²) in [5.41, 5.74) is -0.441. The van der Waals surface area contributed by atoms with Gasteiger partial charge in [-0.2, -0.15) is 13.2 Å². The molecular formula is C9H5Cl2F3O. The summed E-state index contributed by atoms with van der Waals surface area (Å²) in [7, 11) is 0. The average molecular weight is 257 g/mol. The minimum absolute atomic E-state index is 0.00167. The largest absolute Gasteiger partial charge is 0.454 e. The molecule has 0 aliphatic heterocycles. The van der Waals surface area contributed by atoms with Gasteiger partial charge in [-0.1, -0.05) is 23.2 Å². The Kier molecular flexibility index (Phi) is 3.31. The Morgan fingerprint density at radius 2 is 1.80 bits per heavy atom. The Hall–Kier alpha value is -0.740. The highest BCUT2D eigenvalue weighted by atomic mass is 35.5. The Balaban J connectivity index is 3.32. The third-order valence-electron chi connectivity index (χ3n) is 1.81. The van der Waals surface area contributed by atoms with E-state index in [9.17, 15) is 18.0 Å². The average Bonchev–Trinajstić information content (AvgIpc) is 2.08. The highest BCUT2D eigenvalue weighted by Crippen LogP contribution is 2.29. The van der Waals surface area contributed by atoms with Gasteiger partial charge in [-0.05, 0) is 24.6 Å². The fraction of sp³-hybridized carbons (Fsp3) is 0.222. The molecule has 6 heteroatoms. The van der Waals surface area contributed by atoms with Crippen molar-refractivity contribution in [3.63, 3.8) is 0 Å². The number of carbonyl (C=O) groups excluding carboxylic acids is 1. The third-order valence-corrected chi connectivity index (χ3v) is 2.42. The molecule has 0 amide bonds. The van der Waals surface area contributed by atoms with Gasteiger partial charge in [0.1, 0.15) is 0 Å². The first-order valence-electron chi connectivity index (χ1n) is 3.80. The van der Waals surface area contributed by atoms with Crippen LogP contribution in [-0.4, -0.2) is 12.0 Å². The molecule has 1 aromatic carbocycles. The van der Waals surface area contributed by atoms with E-state index >= 15 is 0 Å². The summed E-state index contributed by atoms with van der Waals surface area (Å²) in [6, 6.07) is 2.24. The van der Waals surface area contributed by atoms with Crippen molar-refractivity contribution in [3.8, 4) is 0 Å². The van der Waals surface area contributed by atoms with Gasteiger partial charge in [0.15, 0.2) is 0 Å². The molecule has 1 nitrogen and oxygen atoms in total. The Labute approximate surface area is 93.8 Å². The number of hydrogen-bond acceptors (Lipinski definition) is 1. The lowest BCUT2D eigenvalue weighted by Crippen LogP contribution is -2.23. The SMILES string of the molecule is Cc1c(Cl)cc(Cl)cc1C(=O)C(F)(F)F. The van der Waals surface area contributed by atoms with Crippen LogP contribution >= 0.6 is 23.2 Å². The van der Waals surface area contributed by atoms with Gasteiger partial charge in [0.25, 0.3) is 5.78 Å². The molecule has 1 rings (SSSR count). The predicted molar refractivity (Wildman–Crippen MR) is 51.6 cm³/mol. The molecule has 0 bridgehead atoms. The smallest absolute Gasteiger partial charge is 0.284 e. The Bertz CT molecular complexity index is 413. The van der Waals surface area contributed by atoms with Crippen LogP contribution in [0, 0.1) is 6.92 Å². The third kappa shape index (κ3) is 2.63. The van der Waals surface area contributed by atoms with Crippen LogP contribution in [0.5, 0.6) is 0 Å². The lowest BCUT2D eigenvalue weighted by molar-refractivity contribution is -0.0885. The van der Waals surface area contributed by atoms with Gasteiger partial charge in [-0.3, -0.25) is 4.79 Å². The number of halogens is 5. The summed E-state index contributed by atoms with van der Waals surface area (Å²) >= 11 is 11.1. The minimum atomic E-state index is -4.92. The molecule has 0 atom stereocenters. The first kappa shape index (κ1) is 12.3. The molecule has 0 unspecified atom stereocenters. The van der Waals surface area contributed by atoms with E-state index in [1.54, 1.807) is 0 Å². The molecule has 1 aromatic rings. The van der Waals surface area contributed by atoms with E-state index in [0.717, 1.165) is 6.07 Å². The van der Waals surface area contributed by atoms with Crippen molar-refractivity contribution in [2.24, 2.45) is 0 Å². The van der Waals surface area contributed by atoms with Gasteiger partial charge in [-0.25, -0.2) is 0 Å². The topological polar surface area (TPSA) is 17.1 Å². The molecule has 82 valence electrons. The lowest BCUT2D eigenvalue weighted by Gasteiger charge is -2.09. The van der Waals surface area contributed by atoms with Crippen LogP contribution in [0.25, 0.3) is 0 Å². The second-order valence-electron chi connectivity index (χ2n) is 2.89. The van der Waals surface area contributed by atoms with Crippen molar-refractivity contribution in [3.05, 3.63) is 33.3 Å². The van der Waals surface area contributed by atoms with Crippen LogP contribution in [0.1, 0.15) is 15.9 Å². The van der Waals surface area contributed by atoms with Crippen molar-refractivity contribution in [2.75, 3.05) is 0 Å². The van der Waals surface area contributed by atoms with E-state index in [1.165, 1.54) is 13.0 Å². The second kappa shape index (κ2) is 4.02. The fourth-order valence-electron chi connectivity index (χ4n) is 1.03. The molecule has 0 saturated carbocycles. The van der Waals surface area contributed by atoms with Gasteiger partial charge in [0, 0.05) is 15.6 Å². The van der Waals surface area contributed by atoms with E-state index < -0.39 is 17.5 Å². The van der Waals surface area contributed by atoms with Gasteiger partial charge in [0.2, 0.25) is 0 Å². The normalized spacial score (nSPS) is 11.6. The van der Waals surface area contributed by atoms with Crippen LogP contribution in [0.2, 0.25) is 10.0 Å². The number of ketones is 1. The fourth-order valence-corrected chi connectivity index (χ4v) is 1.53. The van der Waals surface area contributed by atoms with Crippen LogP contribution in [0.4, 0.5) is 13.2 Å². The quantitative estimate of drug-likeness (QED) is 0.693. The summed E-state index contributed by atoms with van der Waals surface area (Å²) in [6.07, 6.45) is -4.92. The molecular weight excluding hydrogens is 252 g/mol. The maximum atomic E-state index is 12.1. The summed E-state index contributed by atoms with van der Waals surface area (Å²) in [5.74, 6) is -1.94. The van der Waals surface area contributed by atoms with E-state index in [1.807, 2.05) is 0 Å². The van der Waals surface area contributed by atoms with Gasteiger partial charge >= 0.3 is 6.18 Å². The monoisotopic (exact) mass is 256 g/mol. The van der Waals surface area contributed by atoms with E-state index in [2.05, 4.69) is 0 Å². The summed E-state index contributed by atoms with van der Waals surface area (Å²) in [4.78, 5) is 10.9. The molecule has 0 heterocycles. The van der Waals surface area contributed by atoms with Crippen molar-refractivity contribution in [1.82, 2.24) is 0 Å². The molecule has 0 aliphatic rings. The van der Waals surface area contributed by atoms with Gasteiger partial charge in [-0.15, -0.1) is 0 Å². The van der Waals surface area contributed by atoms with Crippen LogP contribution in [0.15, 0.2) is 12.1 Å². The molecule has 0 aromatic heterocycles. The number of alkyl halides is 3. The maximum Gasteiger partial charge on any atom is 0.454 e. The summed E-state index contributed by atoms with van der Waals surface area (Å²) in [6.45, 7) is 1.33. The molecule has 0 radical (unpaired) electrons. The lowest BCUT2D eigenvalue weighted by atomic mass is 10.0. The zero-order chi connectivity index (χ0) is 11.8. The zero-order valence-electron chi connectivity index (χ0n) is 7.45. The van der Waals surface area contributed by atoms with Gasteiger partial charge in [0.05, 0.1) is 0 Å². The summed E-state index contributed by atoms with van der Waals surface area (Å²) in [5, 5.41) is 0.0355. The van der Waals surface area contributed by atoms with Crippen molar-refractivity contribution in [2.45, 2.75) is 13.1 Å². The summed E-state index contributed by atoms with van der Waals surface area (Å²) < 4.78 is 36.4. The van der Waals surface area contributed by atoms with E-state index in [4.69, 9.17) is 23.2 Å². The molecule has 0 saturated heterocycles. The molecule has 0 spiro atoms. The maximum absolute atomic E-state index is 12.1. The standard InChI is InChI=1S/C9H5Cl2F3O/c1-4-6(8(15)9(12,13)14)2-5(10)3-7(4)11/h2-3H,1H3.